The van der Waals surface area contributed by atoms with Crippen molar-refractivity contribution in [3.63, 3.8) is 0 Å². The fourth-order valence-electron chi connectivity index (χ4n) is 1.07. The third-order valence-electron chi connectivity index (χ3n) is 1.90. The van der Waals surface area contributed by atoms with Gasteiger partial charge in [0.05, 0.1) is 6.20 Å². The van der Waals surface area contributed by atoms with E-state index in [1.807, 2.05) is 12.2 Å². The molecule has 0 atom stereocenters. The van der Waals surface area contributed by atoms with Crippen molar-refractivity contribution in [2.45, 2.75) is 13.3 Å². The van der Waals surface area contributed by atoms with Crippen LogP contribution in [0.4, 0.5) is 5.82 Å². The van der Waals surface area contributed by atoms with E-state index in [1.165, 1.54) is 11.8 Å². The van der Waals surface area contributed by atoms with Gasteiger partial charge in [0.1, 0.15) is 5.82 Å². The molecule has 1 heterocycles. The number of nitrogens with two attached hydrogens (primary N) is 1. The Bertz CT molecular complexity index is 371. The Morgan fingerprint density at radius 3 is 3.00 bits per heavy atom. The first-order valence-electron chi connectivity index (χ1n) is 4.68. The van der Waals surface area contributed by atoms with E-state index in [2.05, 4.69) is 5.10 Å². The van der Waals surface area contributed by atoms with E-state index >= 15 is 0 Å². The number of anilines is 1. The van der Waals surface area contributed by atoms with Crippen molar-refractivity contribution >= 4 is 28.8 Å². The summed E-state index contributed by atoms with van der Waals surface area (Å²) in [7, 11) is 1.80. The molecule has 4 nitrogen and oxygen atoms in total. The van der Waals surface area contributed by atoms with Crippen LogP contribution >= 0.6 is 11.8 Å². The summed E-state index contributed by atoms with van der Waals surface area (Å²) in [5.74, 6) is 1.47. The molecule has 1 rings (SSSR count). The molecule has 0 radical (unpaired) electrons. The van der Waals surface area contributed by atoms with Crippen molar-refractivity contribution in [3.8, 4) is 0 Å². The number of thioether (sulfide) groups is 1. The molecule has 15 heavy (non-hydrogen) atoms. The Morgan fingerprint density at radius 2 is 2.47 bits per heavy atom. The Kier molecular flexibility index (Phi) is 4.42. The van der Waals surface area contributed by atoms with Crippen LogP contribution in [-0.2, 0) is 11.8 Å². The van der Waals surface area contributed by atoms with Crippen molar-refractivity contribution in [2.75, 3.05) is 11.5 Å². The molecule has 0 aromatic carbocycles. The Balaban J connectivity index is 2.38. The molecule has 0 aliphatic rings. The first-order valence-corrected chi connectivity index (χ1v) is 5.67. The highest BCUT2D eigenvalue weighted by Crippen LogP contribution is 2.12. The second-order valence-corrected chi connectivity index (χ2v) is 4.41. The van der Waals surface area contributed by atoms with E-state index in [1.54, 1.807) is 24.9 Å². The number of aromatic nitrogens is 2. The van der Waals surface area contributed by atoms with E-state index in [4.69, 9.17) is 5.73 Å². The van der Waals surface area contributed by atoms with Gasteiger partial charge in [0.2, 0.25) is 0 Å². The lowest BCUT2D eigenvalue weighted by molar-refractivity contribution is -0.109. The molecule has 0 aliphatic carbocycles. The average Bonchev–Trinajstić information content (AvgIpc) is 2.48. The average molecular weight is 225 g/mol. The lowest BCUT2D eigenvalue weighted by Gasteiger charge is -1.94. The quantitative estimate of drug-likeness (QED) is 0.792. The van der Waals surface area contributed by atoms with Gasteiger partial charge < -0.3 is 5.73 Å². The molecule has 0 saturated carbocycles. The summed E-state index contributed by atoms with van der Waals surface area (Å²) in [6.07, 6.45) is 6.52. The van der Waals surface area contributed by atoms with Crippen LogP contribution in [0.25, 0.3) is 6.08 Å². The first kappa shape index (κ1) is 11.8. The molecule has 0 spiro atoms. The molecule has 0 aliphatic heterocycles. The first-order chi connectivity index (χ1) is 7.11. The smallest absolute Gasteiger partial charge is 0.185 e. The maximum absolute atomic E-state index is 10.6. The summed E-state index contributed by atoms with van der Waals surface area (Å²) in [6, 6.07) is 0. The highest BCUT2D eigenvalue weighted by molar-refractivity contribution is 8.13. The van der Waals surface area contributed by atoms with E-state index in [0.717, 1.165) is 17.7 Å². The molecule has 0 unspecified atom stereocenters. The van der Waals surface area contributed by atoms with Gasteiger partial charge in [-0.1, -0.05) is 23.9 Å². The molecule has 1 aromatic heterocycles. The van der Waals surface area contributed by atoms with Crippen LogP contribution in [0.5, 0.6) is 0 Å². The van der Waals surface area contributed by atoms with Crippen LogP contribution in [-0.4, -0.2) is 20.6 Å². The summed E-state index contributed by atoms with van der Waals surface area (Å²) in [4.78, 5) is 10.6. The molecule has 0 bridgehead atoms. The molecular formula is C10H15N3OS. The Morgan fingerprint density at radius 1 is 1.73 bits per heavy atom. The van der Waals surface area contributed by atoms with E-state index in [0.29, 0.717) is 5.82 Å². The molecule has 0 fully saturated rings. The number of hydrogen-bond acceptors (Lipinski definition) is 4. The minimum atomic E-state index is 0.157. The number of nitrogen functional groups attached to an aromatic ring is 1. The number of carbonyl (C=O) groups excluding carboxylic acids is 1. The number of aryl methyl sites for hydroxylation is 1. The lowest BCUT2D eigenvalue weighted by Crippen LogP contribution is -1.97. The van der Waals surface area contributed by atoms with Crippen molar-refractivity contribution in [1.82, 2.24) is 9.78 Å². The number of allylic oxidation sites excluding steroid dienone is 1. The minimum Gasteiger partial charge on any atom is -0.383 e. The SMILES string of the molecule is CC(=O)SCCC=Cc1cnn(C)c1N. The summed E-state index contributed by atoms with van der Waals surface area (Å²) in [5, 5.41) is 4.18. The van der Waals surface area contributed by atoms with E-state index in [9.17, 15) is 4.79 Å². The van der Waals surface area contributed by atoms with Gasteiger partial charge >= 0.3 is 0 Å². The summed E-state index contributed by atoms with van der Waals surface area (Å²) in [5.41, 5.74) is 6.68. The van der Waals surface area contributed by atoms with Crippen LogP contribution in [0.3, 0.4) is 0 Å². The summed E-state index contributed by atoms with van der Waals surface area (Å²) in [6.45, 7) is 1.58. The largest absolute Gasteiger partial charge is 0.383 e. The second kappa shape index (κ2) is 5.60. The highest BCUT2D eigenvalue weighted by atomic mass is 32.2. The van der Waals surface area contributed by atoms with Crippen LogP contribution in [0.15, 0.2) is 12.3 Å². The van der Waals surface area contributed by atoms with Gasteiger partial charge in [0.15, 0.2) is 5.12 Å². The fraction of sp³-hybridized carbons (Fsp3) is 0.400. The van der Waals surface area contributed by atoms with Gasteiger partial charge in [0.25, 0.3) is 0 Å². The Hall–Kier alpha value is -1.23. The molecule has 1 aromatic rings. The zero-order valence-electron chi connectivity index (χ0n) is 8.93. The number of nitrogens with zero attached hydrogens (tertiary/aromatic N) is 2. The summed E-state index contributed by atoms with van der Waals surface area (Å²) >= 11 is 1.33. The van der Waals surface area contributed by atoms with Crippen LogP contribution in [0.1, 0.15) is 18.9 Å². The maximum atomic E-state index is 10.6. The lowest BCUT2D eigenvalue weighted by atomic mass is 10.3. The molecule has 5 heteroatoms. The molecule has 0 amide bonds. The molecule has 0 saturated heterocycles. The van der Waals surface area contributed by atoms with Gasteiger partial charge in [-0.05, 0) is 6.42 Å². The topological polar surface area (TPSA) is 60.9 Å². The molecule has 2 N–H and O–H groups in total. The second-order valence-electron chi connectivity index (χ2n) is 3.14. The van der Waals surface area contributed by atoms with Crippen molar-refractivity contribution in [2.24, 2.45) is 7.05 Å². The van der Waals surface area contributed by atoms with Gasteiger partial charge in [-0.15, -0.1) is 0 Å². The highest BCUT2D eigenvalue weighted by Gasteiger charge is 1.99. The van der Waals surface area contributed by atoms with Gasteiger partial charge in [-0.3, -0.25) is 9.48 Å². The number of carbonyl (C=O) groups is 1. The third-order valence-corrected chi connectivity index (χ3v) is 2.75. The normalized spacial score (nSPS) is 11.1. The van der Waals surface area contributed by atoms with E-state index < -0.39 is 0 Å². The fourth-order valence-corrected chi connectivity index (χ4v) is 1.61. The minimum absolute atomic E-state index is 0.157. The van der Waals surface area contributed by atoms with Crippen LogP contribution in [0.2, 0.25) is 0 Å². The number of hydrogen-bond donors (Lipinski definition) is 1. The van der Waals surface area contributed by atoms with Gasteiger partial charge in [-0.25, -0.2) is 0 Å². The summed E-state index contributed by atoms with van der Waals surface area (Å²) < 4.78 is 1.63. The zero-order valence-corrected chi connectivity index (χ0v) is 9.75. The van der Waals surface area contributed by atoms with Crippen LogP contribution < -0.4 is 5.73 Å². The molecule has 82 valence electrons. The standard InChI is InChI=1S/C10H15N3OS/c1-8(14)15-6-4-3-5-9-7-12-13(2)10(9)11/h3,5,7H,4,6,11H2,1-2H3. The van der Waals surface area contributed by atoms with Crippen molar-refractivity contribution in [1.29, 1.82) is 0 Å². The van der Waals surface area contributed by atoms with Crippen molar-refractivity contribution in [3.05, 3.63) is 17.8 Å². The zero-order chi connectivity index (χ0) is 11.3. The maximum Gasteiger partial charge on any atom is 0.185 e. The monoisotopic (exact) mass is 225 g/mol. The Labute approximate surface area is 93.5 Å². The van der Waals surface area contributed by atoms with E-state index in [-0.39, 0.29) is 5.12 Å². The predicted octanol–water partition coefficient (Wildman–Crippen LogP) is 1.69. The predicted molar refractivity (Wildman–Crippen MR) is 64.4 cm³/mol. The third kappa shape index (κ3) is 3.79. The van der Waals surface area contributed by atoms with Gasteiger partial charge in [-0.2, -0.15) is 5.10 Å². The van der Waals surface area contributed by atoms with Gasteiger partial charge in [0, 0.05) is 25.3 Å². The number of rotatable bonds is 4. The van der Waals surface area contributed by atoms with Crippen molar-refractivity contribution < 1.29 is 4.79 Å². The molecular weight excluding hydrogens is 210 g/mol. The van der Waals surface area contributed by atoms with Crippen LogP contribution in [0, 0.1) is 0 Å².